The normalized spacial score (nSPS) is 12.1. The molecular formula is C14H19LiO7S. The first-order valence-corrected chi connectivity index (χ1v) is 8.20. The summed E-state index contributed by atoms with van der Waals surface area (Å²) in [4.78, 5) is 22.2. The van der Waals surface area contributed by atoms with Gasteiger partial charge in [-0.05, 0) is 31.0 Å². The maximum absolute atomic E-state index is 12.1. The predicted octanol–water partition coefficient (Wildman–Crippen LogP) is 1.72. The van der Waals surface area contributed by atoms with Gasteiger partial charge in [-0.25, -0.2) is 9.59 Å². The van der Waals surface area contributed by atoms with Crippen LogP contribution >= 0.6 is 0 Å². The van der Waals surface area contributed by atoms with Crippen molar-refractivity contribution in [2.24, 2.45) is 0 Å². The summed E-state index contributed by atoms with van der Waals surface area (Å²) in [6, 6.07) is 2.83. The van der Waals surface area contributed by atoms with Gasteiger partial charge in [0.05, 0.1) is 11.1 Å². The number of carbonyl (C=O) groups excluding carboxylic acids is 1. The summed E-state index contributed by atoms with van der Waals surface area (Å²) >= 11 is 0. The topological polar surface area (TPSA) is 118 Å². The molecule has 2 N–H and O–H groups in total. The molecule has 0 bridgehead atoms. The number of aromatic carboxylic acids is 1. The molecule has 0 aromatic heterocycles. The summed E-state index contributed by atoms with van der Waals surface area (Å²) in [5, 5.41) is 8.87. The fourth-order valence-electron chi connectivity index (χ4n) is 1.92. The molecule has 1 aromatic carbocycles. The van der Waals surface area contributed by atoms with E-state index in [0.29, 0.717) is 12.8 Å². The van der Waals surface area contributed by atoms with Crippen LogP contribution in [0.4, 0.5) is 0 Å². The molecule has 0 amide bonds. The Morgan fingerprint density at radius 2 is 1.87 bits per heavy atom. The van der Waals surface area contributed by atoms with Crippen molar-refractivity contribution in [3.8, 4) is 0 Å². The predicted molar refractivity (Wildman–Crippen MR) is 84.8 cm³/mol. The van der Waals surface area contributed by atoms with Crippen molar-refractivity contribution in [3.63, 3.8) is 0 Å². The van der Waals surface area contributed by atoms with Crippen LogP contribution in [0, 0.1) is 0 Å². The summed E-state index contributed by atoms with van der Waals surface area (Å²) in [6.45, 7) is 3.74. The third kappa shape index (κ3) is 5.99. The number of carbonyl (C=O) groups is 2. The van der Waals surface area contributed by atoms with Crippen molar-refractivity contribution in [2.75, 3.05) is 0 Å². The second kappa shape index (κ2) is 9.08. The molecule has 0 heterocycles. The van der Waals surface area contributed by atoms with Gasteiger partial charge < -0.3 is 9.84 Å². The van der Waals surface area contributed by atoms with E-state index in [0.717, 1.165) is 24.6 Å². The van der Waals surface area contributed by atoms with E-state index in [-0.39, 0.29) is 36.1 Å². The standard InChI is InChI=1S/C14H18O7S.Li.H/c1-3-5-10(4-2)21-14(17)11-7-6-9(13(15)16)8-12(11)22(18,19)20;;/h6-8,10H,3-5H2,1-2H3,(H,15,16)(H,18,19,20);;. The van der Waals surface area contributed by atoms with Crippen molar-refractivity contribution in [1.82, 2.24) is 0 Å². The van der Waals surface area contributed by atoms with Crippen molar-refractivity contribution in [1.29, 1.82) is 0 Å². The molecule has 1 atom stereocenters. The van der Waals surface area contributed by atoms with Crippen LogP contribution in [0.5, 0.6) is 0 Å². The molecule has 1 rings (SSSR count). The van der Waals surface area contributed by atoms with Crippen LogP contribution in [-0.4, -0.2) is 55.0 Å². The average Bonchev–Trinajstić information content (AvgIpc) is 2.44. The van der Waals surface area contributed by atoms with Gasteiger partial charge in [0.1, 0.15) is 11.0 Å². The minimum atomic E-state index is -4.75. The van der Waals surface area contributed by atoms with Gasteiger partial charge in [0.15, 0.2) is 0 Å². The van der Waals surface area contributed by atoms with Gasteiger partial charge in [0.25, 0.3) is 10.1 Å². The zero-order valence-electron chi connectivity index (χ0n) is 12.3. The molecule has 0 spiro atoms. The summed E-state index contributed by atoms with van der Waals surface area (Å²) in [5.74, 6) is -2.29. The Labute approximate surface area is 147 Å². The Hall–Kier alpha value is -1.33. The second-order valence-corrected chi connectivity index (χ2v) is 6.11. The van der Waals surface area contributed by atoms with E-state index in [9.17, 15) is 22.6 Å². The number of rotatable bonds is 7. The van der Waals surface area contributed by atoms with Crippen LogP contribution < -0.4 is 0 Å². The number of ether oxygens (including phenoxy) is 1. The van der Waals surface area contributed by atoms with Crippen LogP contribution in [0.15, 0.2) is 23.1 Å². The molecule has 1 aromatic rings. The maximum atomic E-state index is 12.1. The van der Waals surface area contributed by atoms with Crippen molar-refractivity contribution < 1.29 is 32.4 Å². The zero-order chi connectivity index (χ0) is 16.9. The Morgan fingerprint density at radius 1 is 1.26 bits per heavy atom. The summed E-state index contributed by atoms with van der Waals surface area (Å²) in [6.07, 6.45) is 1.60. The molecule has 0 saturated carbocycles. The van der Waals surface area contributed by atoms with E-state index >= 15 is 0 Å². The van der Waals surface area contributed by atoms with Gasteiger partial charge in [-0.2, -0.15) is 8.42 Å². The Morgan fingerprint density at radius 3 is 2.30 bits per heavy atom. The first-order valence-electron chi connectivity index (χ1n) is 6.76. The number of benzene rings is 1. The summed E-state index contributed by atoms with van der Waals surface area (Å²) < 4.78 is 37.1. The Bertz CT molecular complexity index is 670. The minimum absolute atomic E-state index is 0. The van der Waals surface area contributed by atoms with E-state index in [2.05, 4.69) is 0 Å². The molecular weight excluding hydrogens is 319 g/mol. The zero-order valence-corrected chi connectivity index (χ0v) is 13.1. The number of hydrogen-bond donors (Lipinski definition) is 2. The molecule has 7 nitrogen and oxygen atoms in total. The number of carboxylic acid groups (broad SMARTS) is 1. The molecule has 0 saturated heterocycles. The summed E-state index contributed by atoms with van der Waals surface area (Å²) in [5.41, 5.74) is -0.744. The van der Waals surface area contributed by atoms with Crippen LogP contribution in [0.1, 0.15) is 53.8 Å². The van der Waals surface area contributed by atoms with Gasteiger partial charge >= 0.3 is 30.8 Å². The average molecular weight is 338 g/mol. The quantitative estimate of drug-likeness (QED) is 0.441. The number of carboxylic acids is 1. The van der Waals surface area contributed by atoms with E-state index in [1.807, 2.05) is 13.8 Å². The third-order valence-electron chi connectivity index (χ3n) is 3.07. The molecule has 0 radical (unpaired) electrons. The van der Waals surface area contributed by atoms with Crippen molar-refractivity contribution in [3.05, 3.63) is 29.3 Å². The molecule has 0 aliphatic heterocycles. The molecule has 0 aliphatic carbocycles. The second-order valence-electron chi connectivity index (χ2n) is 4.72. The van der Waals surface area contributed by atoms with Gasteiger partial charge in [0.2, 0.25) is 0 Å². The molecule has 23 heavy (non-hydrogen) atoms. The van der Waals surface area contributed by atoms with Crippen LogP contribution in [-0.2, 0) is 14.9 Å². The first-order chi connectivity index (χ1) is 10.2. The van der Waals surface area contributed by atoms with Crippen LogP contribution in [0.3, 0.4) is 0 Å². The SMILES string of the molecule is CCCC(CC)OC(=O)c1ccc(C(=O)O)cc1S(=O)(=O)O.[LiH]. The van der Waals surface area contributed by atoms with Gasteiger partial charge in [-0.3, -0.25) is 4.55 Å². The Balaban J connectivity index is 0.00000484. The Kier molecular flexibility index (Phi) is 8.56. The van der Waals surface area contributed by atoms with Crippen LogP contribution in [0.25, 0.3) is 0 Å². The van der Waals surface area contributed by atoms with E-state index < -0.39 is 27.0 Å². The van der Waals surface area contributed by atoms with Crippen molar-refractivity contribution in [2.45, 2.75) is 44.1 Å². The van der Waals surface area contributed by atoms with E-state index in [1.165, 1.54) is 0 Å². The molecule has 0 fully saturated rings. The number of hydrogen-bond acceptors (Lipinski definition) is 5. The monoisotopic (exact) mass is 338 g/mol. The van der Waals surface area contributed by atoms with Gasteiger partial charge in [0, 0.05) is 0 Å². The fraction of sp³-hybridized carbons (Fsp3) is 0.429. The molecule has 0 aliphatic rings. The van der Waals surface area contributed by atoms with E-state index in [1.54, 1.807) is 0 Å². The molecule has 124 valence electrons. The number of esters is 1. The van der Waals surface area contributed by atoms with Gasteiger partial charge in [-0.15, -0.1) is 0 Å². The van der Waals surface area contributed by atoms with Gasteiger partial charge in [-0.1, -0.05) is 20.3 Å². The third-order valence-corrected chi connectivity index (χ3v) is 3.96. The summed E-state index contributed by atoms with van der Waals surface area (Å²) in [7, 11) is -4.75. The fourth-order valence-corrected chi connectivity index (χ4v) is 2.63. The van der Waals surface area contributed by atoms with Crippen molar-refractivity contribution >= 4 is 40.9 Å². The molecule has 9 heteroatoms. The first kappa shape index (κ1) is 21.7. The van der Waals surface area contributed by atoms with Crippen LogP contribution in [0.2, 0.25) is 0 Å². The van der Waals surface area contributed by atoms with E-state index in [4.69, 9.17) is 9.84 Å². The molecule has 1 unspecified atom stereocenters.